The van der Waals surface area contributed by atoms with E-state index in [0.717, 1.165) is 44.9 Å². The van der Waals surface area contributed by atoms with Gasteiger partial charge in [0.05, 0.1) is 40.2 Å². The lowest BCUT2D eigenvalue weighted by Crippen LogP contribution is -2.53. The molecular formula is C32H66IN3O3. The van der Waals surface area contributed by atoms with Crippen LogP contribution in [0.25, 0.3) is 0 Å². The fraction of sp³-hybridized carbons (Fsp3) is 1.00. The van der Waals surface area contributed by atoms with Gasteiger partial charge in [-0.1, -0.05) is 57.2 Å². The van der Waals surface area contributed by atoms with E-state index in [9.17, 15) is 0 Å². The maximum Gasteiger partial charge on any atom is 0.0731 e. The number of ether oxygens (including phenoxy) is 3. The van der Waals surface area contributed by atoms with E-state index in [4.69, 9.17) is 31.4 Å². The molecule has 0 aromatic carbocycles. The monoisotopic (exact) mass is 667 g/mol. The fourth-order valence-corrected chi connectivity index (χ4v) is 5.86. The third-order valence-corrected chi connectivity index (χ3v) is 11.9. The van der Waals surface area contributed by atoms with Crippen molar-refractivity contribution in [2.45, 2.75) is 159 Å². The summed E-state index contributed by atoms with van der Waals surface area (Å²) in [6.45, 7) is 28.2. The second-order valence-corrected chi connectivity index (χ2v) is 16.9. The Morgan fingerprint density at radius 1 is 0.821 bits per heavy atom. The molecule has 0 aromatic rings. The lowest BCUT2D eigenvalue weighted by Gasteiger charge is -2.47. The van der Waals surface area contributed by atoms with Gasteiger partial charge in [-0.15, -0.1) is 0 Å². The molecule has 1 aliphatic rings. The van der Waals surface area contributed by atoms with Crippen molar-refractivity contribution in [3.05, 3.63) is 0 Å². The summed E-state index contributed by atoms with van der Waals surface area (Å²) in [7, 11) is 0. The molecule has 7 heteroatoms. The number of halogens is 1. The Balaban J connectivity index is 3.18. The molecule has 6 N–H and O–H groups in total. The summed E-state index contributed by atoms with van der Waals surface area (Å²) in [4.78, 5) is 0. The van der Waals surface area contributed by atoms with Crippen LogP contribution in [-0.2, 0) is 14.2 Å². The first-order valence-electron chi connectivity index (χ1n) is 15.5. The van der Waals surface area contributed by atoms with Crippen LogP contribution in [0.5, 0.6) is 0 Å². The first kappa shape index (κ1) is 37.5. The smallest absolute Gasteiger partial charge is 0.0731 e. The molecule has 1 rings (SSSR count). The van der Waals surface area contributed by atoms with Gasteiger partial charge < -0.3 is 31.4 Å². The number of nitrogens with two attached hydrogens (primary N) is 3. The highest BCUT2D eigenvalue weighted by molar-refractivity contribution is 14.1. The van der Waals surface area contributed by atoms with Crippen LogP contribution in [0.2, 0.25) is 0 Å². The standard InChI is InChI=1S/C32H66IN3O3/c1-13-29(10,38-21-24(5)30(11,35)14-2)19-26(31(12,15-3)39-20-23(4)28(8,9)34)18-27(6,7)37-22-25-16-17-32(25,33)36/h23-26H,13-22,34-36H2,1-12H3. The first-order valence-corrected chi connectivity index (χ1v) is 16.6. The molecule has 8 unspecified atom stereocenters. The Labute approximate surface area is 256 Å². The first-order chi connectivity index (χ1) is 17.6. The highest BCUT2D eigenvalue weighted by Crippen LogP contribution is 2.44. The number of hydrogen-bond donors (Lipinski definition) is 3. The Hall–Kier alpha value is 0.490. The lowest BCUT2D eigenvalue weighted by molar-refractivity contribution is -0.152. The average Bonchev–Trinajstić information content (AvgIpc) is 2.83. The summed E-state index contributed by atoms with van der Waals surface area (Å²) in [5.74, 6) is 1.14. The van der Waals surface area contributed by atoms with Crippen molar-refractivity contribution in [3.63, 3.8) is 0 Å². The minimum atomic E-state index is -0.339. The van der Waals surface area contributed by atoms with E-state index in [0.29, 0.717) is 25.7 Å². The average molecular weight is 668 g/mol. The highest BCUT2D eigenvalue weighted by atomic mass is 127. The van der Waals surface area contributed by atoms with E-state index in [1.807, 2.05) is 0 Å². The zero-order valence-corrected chi connectivity index (χ0v) is 29.9. The number of rotatable bonds is 19. The van der Waals surface area contributed by atoms with Crippen LogP contribution < -0.4 is 17.2 Å². The third kappa shape index (κ3) is 11.3. The molecule has 0 amide bonds. The summed E-state index contributed by atoms with van der Waals surface area (Å²) in [6, 6.07) is 0. The maximum atomic E-state index is 6.82. The van der Waals surface area contributed by atoms with E-state index < -0.39 is 0 Å². The SMILES string of the molecule is CCC(C)(CC(CC(C)(C)OCC1CCC1(N)I)C(C)(CC)OCC(C)C(C)(C)N)OCC(C)C(C)(N)CC. The van der Waals surface area contributed by atoms with E-state index in [1.54, 1.807) is 0 Å². The van der Waals surface area contributed by atoms with Crippen molar-refractivity contribution in [3.8, 4) is 0 Å². The van der Waals surface area contributed by atoms with Gasteiger partial charge in [0.15, 0.2) is 0 Å². The predicted molar refractivity (Wildman–Crippen MR) is 175 cm³/mol. The van der Waals surface area contributed by atoms with Gasteiger partial charge in [-0.25, -0.2) is 0 Å². The molecule has 0 spiro atoms. The van der Waals surface area contributed by atoms with Crippen LogP contribution in [0.4, 0.5) is 0 Å². The molecular weight excluding hydrogens is 601 g/mol. The zero-order valence-electron chi connectivity index (χ0n) is 27.7. The lowest BCUT2D eigenvalue weighted by atomic mass is 9.73. The van der Waals surface area contributed by atoms with Crippen LogP contribution >= 0.6 is 22.6 Å². The predicted octanol–water partition coefficient (Wildman–Crippen LogP) is 7.19. The Morgan fingerprint density at radius 2 is 1.38 bits per heavy atom. The van der Waals surface area contributed by atoms with Crippen molar-refractivity contribution >= 4 is 22.6 Å². The minimum Gasteiger partial charge on any atom is -0.375 e. The minimum absolute atomic E-state index is 0.138. The quantitative estimate of drug-likeness (QED) is 0.0766. The van der Waals surface area contributed by atoms with E-state index >= 15 is 0 Å². The largest absolute Gasteiger partial charge is 0.375 e. The summed E-state index contributed by atoms with van der Waals surface area (Å²) >= 11 is 2.40. The van der Waals surface area contributed by atoms with Crippen LogP contribution in [0.1, 0.15) is 128 Å². The molecule has 1 fully saturated rings. The van der Waals surface area contributed by atoms with Crippen molar-refractivity contribution in [2.75, 3.05) is 19.8 Å². The summed E-state index contributed by atoms with van der Waals surface area (Å²) < 4.78 is 20.0. The highest BCUT2D eigenvalue weighted by Gasteiger charge is 2.45. The number of alkyl halides is 1. The molecule has 0 heterocycles. The zero-order chi connectivity index (χ0) is 30.5. The molecule has 39 heavy (non-hydrogen) atoms. The molecule has 0 aliphatic heterocycles. The van der Waals surface area contributed by atoms with Crippen LogP contribution in [0.15, 0.2) is 0 Å². The van der Waals surface area contributed by atoms with E-state index in [1.165, 1.54) is 0 Å². The van der Waals surface area contributed by atoms with Gasteiger partial charge in [0.2, 0.25) is 0 Å². The molecule has 0 bridgehead atoms. The molecule has 234 valence electrons. The molecule has 8 atom stereocenters. The third-order valence-electron chi connectivity index (χ3n) is 10.5. The van der Waals surface area contributed by atoms with Gasteiger partial charge in [-0.3, -0.25) is 0 Å². The summed E-state index contributed by atoms with van der Waals surface area (Å²) in [6.07, 6.45) is 6.71. The summed E-state index contributed by atoms with van der Waals surface area (Å²) in [5.41, 5.74) is 18.0. The van der Waals surface area contributed by atoms with Crippen LogP contribution in [0, 0.1) is 23.7 Å². The molecule has 0 saturated heterocycles. The fourth-order valence-electron chi connectivity index (χ4n) is 5.06. The normalized spacial score (nSPS) is 27.5. The van der Waals surface area contributed by atoms with Gasteiger partial charge in [0.25, 0.3) is 0 Å². The Kier molecular flexibility index (Phi) is 13.8. The Morgan fingerprint density at radius 3 is 1.79 bits per heavy atom. The van der Waals surface area contributed by atoms with E-state index in [2.05, 4.69) is 106 Å². The van der Waals surface area contributed by atoms with Crippen molar-refractivity contribution < 1.29 is 14.2 Å². The van der Waals surface area contributed by atoms with Crippen LogP contribution in [0.3, 0.4) is 0 Å². The molecule has 0 aromatic heterocycles. The molecule has 1 saturated carbocycles. The van der Waals surface area contributed by atoms with Gasteiger partial charge in [-0.2, -0.15) is 0 Å². The Bertz CT molecular complexity index is 739. The second kappa shape index (κ2) is 14.3. The second-order valence-electron chi connectivity index (χ2n) is 14.9. The molecule has 1 aliphatic carbocycles. The van der Waals surface area contributed by atoms with Gasteiger partial charge in [-0.05, 0) is 111 Å². The molecule has 0 radical (unpaired) electrons. The van der Waals surface area contributed by atoms with E-state index in [-0.39, 0.29) is 49.2 Å². The number of hydrogen-bond acceptors (Lipinski definition) is 6. The van der Waals surface area contributed by atoms with Crippen molar-refractivity contribution in [1.82, 2.24) is 0 Å². The van der Waals surface area contributed by atoms with Crippen LogP contribution in [-0.4, -0.2) is 51.2 Å². The van der Waals surface area contributed by atoms with Gasteiger partial charge >= 0.3 is 0 Å². The summed E-state index contributed by atoms with van der Waals surface area (Å²) in [5, 5.41) is 0. The van der Waals surface area contributed by atoms with Crippen molar-refractivity contribution in [2.24, 2.45) is 40.9 Å². The maximum absolute atomic E-state index is 6.82. The van der Waals surface area contributed by atoms with Gasteiger partial charge in [0.1, 0.15) is 0 Å². The van der Waals surface area contributed by atoms with Crippen molar-refractivity contribution in [1.29, 1.82) is 0 Å². The topological polar surface area (TPSA) is 106 Å². The van der Waals surface area contributed by atoms with Gasteiger partial charge in [0, 0.05) is 17.0 Å². The molecule has 6 nitrogen and oxygen atoms in total.